The predicted octanol–water partition coefficient (Wildman–Crippen LogP) is 1.85. The first-order chi connectivity index (χ1) is 9.69. The monoisotopic (exact) mass is 296 g/mol. The third kappa shape index (κ3) is 3.09. The van der Waals surface area contributed by atoms with E-state index in [0.29, 0.717) is 19.4 Å². The quantitative estimate of drug-likeness (QED) is 0.259. The van der Waals surface area contributed by atoms with Crippen LogP contribution in [0.15, 0.2) is 16.7 Å². The number of oxime groups is 1. The minimum absolute atomic E-state index is 0.0241. The summed E-state index contributed by atoms with van der Waals surface area (Å²) < 4.78 is 0. The van der Waals surface area contributed by atoms with Gasteiger partial charge in [-0.3, -0.25) is 4.79 Å². The standard InChI is InChI=1S/C13H20N4O2S/c14-11(17-19)13(5-3-1-2-4-6-13)12(18)16-9-10-15-7-8-20-10/h7-8,19H,1-6,9H2,(H2,14,17)(H,16,18). The van der Waals surface area contributed by atoms with Crippen molar-refractivity contribution in [1.82, 2.24) is 10.3 Å². The number of aromatic nitrogens is 1. The third-order valence-corrected chi connectivity index (χ3v) is 4.65. The van der Waals surface area contributed by atoms with Crippen LogP contribution in [-0.2, 0) is 11.3 Å². The summed E-state index contributed by atoms with van der Waals surface area (Å²) in [6.45, 7) is 0.386. The van der Waals surface area contributed by atoms with Crippen molar-refractivity contribution in [2.45, 2.75) is 45.1 Å². The number of carbonyl (C=O) groups excluding carboxylic acids is 1. The Morgan fingerprint density at radius 2 is 2.15 bits per heavy atom. The van der Waals surface area contributed by atoms with Gasteiger partial charge in [-0.15, -0.1) is 11.3 Å². The number of hydrogen-bond acceptors (Lipinski definition) is 5. The number of nitrogens with one attached hydrogen (secondary N) is 1. The van der Waals surface area contributed by atoms with Gasteiger partial charge in [-0.2, -0.15) is 0 Å². The molecule has 0 radical (unpaired) electrons. The highest BCUT2D eigenvalue weighted by Gasteiger charge is 2.42. The molecule has 1 amide bonds. The first kappa shape index (κ1) is 14.8. The highest BCUT2D eigenvalue weighted by atomic mass is 32.1. The zero-order valence-corrected chi connectivity index (χ0v) is 12.2. The molecular weight excluding hydrogens is 276 g/mol. The Labute approximate surface area is 122 Å². The molecule has 6 nitrogen and oxygen atoms in total. The maximum atomic E-state index is 12.6. The Morgan fingerprint density at radius 1 is 1.45 bits per heavy atom. The molecule has 20 heavy (non-hydrogen) atoms. The van der Waals surface area contributed by atoms with Crippen LogP contribution in [0.5, 0.6) is 0 Å². The van der Waals surface area contributed by atoms with E-state index < -0.39 is 5.41 Å². The summed E-state index contributed by atoms with van der Waals surface area (Å²) in [6, 6.07) is 0. The van der Waals surface area contributed by atoms with Gasteiger partial charge in [-0.1, -0.05) is 30.8 Å². The fourth-order valence-corrected chi connectivity index (χ4v) is 3.25. The largest absolute Gasteiger partial charge is 0.409 e. The van der Waals surface area contributed by atoms with E-state index in [-0.39, 0.29) is 11.7 Å². The minimum atomic E-state index is -0.873. The van der Waals surface area contributed by atoms with Gasteiger partial charge in [-0.05, 0) is 12.8 Å². The lowest BCUT2D eigenvalue weighted by molar-refractivity contribution is -0.128. The molecule has 0 unspecified atom stereocenters. The molecule has 1 aliphatic carbocycles. The van der Waals surface area contributed by atoms with Crippen LogP contribution in [0.3, 0.4) is 0 Å². The number of nitrogens with zero attached hydrogens (tertiary/aromatic N) is 2. The molecule has 7 heteroatoms. The second-order valence-corrected chi connectivity index (χ2v) is 6.07. The van der Waals surface area contributed by atoms with Crippen LogP contribution in [0, 0.1) is 5.41 Å². The van der Waals surface area contributed by atoms with Gasteiger partial charge in [0.1, 0.15) is 10.4 Å². The van der Waals surface area contributed by atoms with Gasteiger partial charge in [0.15, 0.2) is 5.84 Å². The van der Waals surface area contributed by atoms with Gasteiger partial charge in [0, 0.05) is 11.6 Å². The van der Waals surface area contributed by atoms with Gasteiger partial charge < -0.3 is 16.3 Å². The van der Waals surface area contributed by atoms with Crippen molar-refractivity contribution in [1.29, 1.82) is 0 Å². The van der Waals surface area contributed by atoms with Crippen molar-refractivity contribution in [3.63, 3.8) is 0 Å². The average Bonchev–Trinajstić information content (AvgIpc) is 2.86. The number of hydrogen-bond donors (Lipinski definition) is 3. The maximum absolute atomic E-state index is 12.6. The molecule has 0 aliphatic heterocycles. The molecular formula is C13H20N4O2S. The van der Waals surface area contributed by atoms with Crippen LogP contribution in [0.25, 0.3) is 0 Å². The molecule has 4 N–H and O–H groups in total. The topological polar surface area (TPSA) is 101 Å². The van der Waals surface area contributed by atoms with E-state index in [1.165, 1.54) is 11.3 Å². The molecule has 0 aromatic carbocycles. The van der Waals surface area contributed by atoms with Crippen molar-refractivity contribution in [2.24, 2.45) is 16.3 Å². The summed E-state index contributed by atoms with van der Waals surface area (Å²) in [5.41, 5.74) is 4.96. The zero-order chi connectivity index (χ0) is 14.4. The molecule has 1 fully saturated rings. The second-order valence-electron chi connectivity index (χ2n) is 5.09. The van der Waals surface area contributed by atoms with E-state index in [4.69, 9.17) is 10.9 Å². The number of rotatable bonds is 4. The molecule has 1 saturated carbocycles. The van der Waals surface area contributed by atoms with Gasteiger partial charge in [0.2, 0.25) is 5.91 Å². The smallest absolute Gasteiger partial charge is 0.234 e. The lowest BCUT2D eigenvalue weighted by Gasteiger charge is -2.29. The predicted molar refractivity (Wildman–Crippen MR) is 77.5 cm³/mol. The van der Waals surface area contributed by atoms with Crippen LogP contribution in [-0.4, -0.2) is 21.9 Å². The van der Waals surface area contributed by atoms with Crippen LogP contribution < -0.4 is 11.1 Å². The van der Waals surface area contributed by atoms with Crippen molar-refractivity contribution in [2.75, 3.05) is 0 Å². The highest BCUT2D eigenvalue weighted by Crippen LogP contribution is 2.35. The normalized spacial score (nSPS) is 19.3. The zero-order valence-electron chi connectivity index (χ0n) is 11.3. The lowest BCUT2D eigenvalue weighted by atomic mass is 9.78. The van der Waals surface area contributed by atoms with Crippen molar-refractivity contribution < 1.29 is 10.0 Å². The fourth-order valence-electron chi connectivity index (χ4n) is 2.69. The highest BCUT2D eigenvalue weighted by molar-refractivity contribution is 7.09. The number of amidine groups is 1. The van der Waals surface area contributed by atoms with Crippen LogP contribution in [0.1, 0.15) is 43.5 Å². The summed E-state index contributed by atoms with van der Waals surface area (Å²) in [6.07, 6.45) is 6.97. The molecule has 0 bridgehead atoms. The third-order valence-electron chi connectivity index (χ3n) is 3.87. The van der Waals surface area contributed by atoms with E-state index in [1.54, 1.807) is 6.20 Å². The number of nitrogens with two attached hydrogens (primary N) is 1. The molecule has 1 aromatic heterocycles. The van der Waals surface area contributed by atoms with E-state index in [9.17, 15) is 4.79 Å². The van der Waals surface area contributed by atoms with Gasteiger partial charge in [0.05, 0.1) is 6.54 Å². The molecule has 2 rings (SSSR count). The first-order valence-corrected chi connectivity index (χ1v) is 7.72. The molecule has 0 saturated heterocycles. The molecule has 1 heterocycles. The van der Waals surface area contributed by atoms with Gasteiger partial charge >= 0.3 is 0 Å². The van der Waals surface area contributed by atoms with Crippen LogP contribution >= 0.6 is 11.3 Å². The van der Waals surface area contributed by atoms with Crippen molar-refractivity contribution in [3.8, 4) is 0 Å². The summed E-state index contributed by atoms with van der Waals surface area (Å²) in [7, 11) is 0. The van der Waals surface area contributed by atoms with E-state index >= 15 is 0 Å². The molecule has 0 spiro atoms. The first-order valence-electron chi connectivity index (χ1n) is 6.84. The number of carbonyl (C=O) groups is 1. The summed E-state index contributed by atoms with van der Waals surface area (Å²) in [4.78, 5) is 16.7. The van der Waals surface area contributed by atoms with E-state index in [1.807, 2.05) is 5.38 Å². The second kappa shape index (κ2) is 6.69. The fraction of sp³-hybridized carbons (Fsp3) is 0.615. The molecule has 1 aliphatic rings. The summed E-state index contributed by atoms with van der Waals surface area (Å²) >= 11 is 1.49. The van der Waals surface area contributed by atoms with Crippen LogP contribution in [0.4, 0.5) is 0 Å². The number of amides is 1. The van der Waals surface area contributed by atoms with Crippen LogP contribution in [0.2, 0.25) is 0 Å². The number of thiazole rings is 1. The Balaban J connectivity index is 2.11. The maximum Gasteiger partial charge on any atom is 0.234 e. The van der Waals surface area contributed by atoms with Gasteiger partial charge in [-0.25, -0.2) is 4.98 Å². The summed E-state index contributed by atoms with van der Waals surface area (Å²) in [5, 5.41) is 17.7. The van der Waals surface area contributed by atoms with Crippen molar-refractivity contribution in [3.05, 3.63) is 16.6 Å². The minimum Gasteiger partial charge on any atom is -0.409 e. The SMILES string of the molecule is NC(=NO)C1(C(=O)NCc2nccs2)CCCCCC1. The van der Waals surface area contributed by atoms with Gasteiger partial charge in [0.25, 0.3) is 0 Å². The Hall–Kier alpha value is -1.63. The Bertz CT molecular complexity index is 465. The average molecular weight is 296 g/mol. The van der Waals surface area contributed by atoms with Crippen molar-refractivity contribution >= 4 is 23.1 Å². The lowest BCUT2D eigenvalue weighted by Crippen LogP contribution is -2.49. The molecule has 0 atom stereocenters. The molecule has 1 aromatic rings. The summed E-state index contributed by atoms with van der Waals surface area (Å²) in [5.74, 6) is -0.138. The van der Waals surface area contributed by atoms with E-state index in [0.717, 1.165) is 30.7 Å². The Morgan fingerprint density at radius 3 is 2.70 bits per heavy atom. The molecule has 110 valence electrons. The Kier molecular flexibility index (Phi) is 4.94. The van der Waals surface area contributed by atoms with E-state index in [2.05, 4.69) is 15.5 Å².